The molecule has 0 aliphatic carbocycles. The monoisotopic (exact) mass is 269 g/mol. The SMILES string of the molecule is C=C[C@@H](c1ccccc1)[C@@H](O)c1ccccc1[N+](=O)[O-]. The summed E-state index contributed by atoms with van der Waals surface area (Å²) in [5.41, 5.74) is 1.09. The second kappa shape index (κ2) is 6.12. The van der Waals surface area contributed by atoms with E-state index in [-0.39, 0.29) is 5.69 Å². The highest BCUT2D eigenvalue weighted by molar-refractivity contribution is 5.43. The van der Waals surface area contributed by atoms with Crippen molar-refractivity contribution in [2.24, 2.45) is 0 Å². The molecule has 4 nitrogen and oxygen atoms in total. The quantitative estimate of drug-likeness (QED) is 0.512. The summed E-state index contributed by atoms with van der Waals surface area (Å²) < 4.78 is 0. The molecule has 0 heterocycles. The number of rotatable bonds is 5. The largest absolute Gasteiger partial charge is 0.387 e. The molecule has 0 spiro atoms. The minimum absolute atomic E-state index is 0.0808. The van der Waals surface area contributed by atoms with E-state index >= 15 is 0 Å². The number of benzene rings is 2. The molecular weight excluding hydrogens is 254 g/mol. The van der Waals surface area contributed by atoms with Gasteiger partial charge >= 0.3 is 0 Å². The first-order valence-corrected chi connectivity index (χ1v) is 6.24. The molecule has 2 aromatic carbocycles. The summed E-state index contributed by atoms with van der Waals surface area (Å²) >= 11 is 0. The van der Waals surface area contributed by atoms with E-state index in [4.69, 9.17) is 0 Å². The molecule has 0 bridgehead atoms. The molecular formula is C16H15NO3. The third-order valence-electron chi connectivity index (χ3n) is 3.23. The second-order valence-electron chi connectivity index (χ2n) is 4.43. The first-order chi connectivity index (χ1) is 9.65. The number of nitrogens with zero attached hydrogens (tertiary/aromatic N) is 1. The zero-order valence-corrected chi connectivity index (χ0v) is 10.8. The van der Waals surface area contributed by atoms with Crippen LogP contribution in [0.1, 0.15) is 23.1 Å². The van der Waals surface area contributed by atoms with Gasteiger partial charge in [0, 0.05) is 12.0 Å². The fourth-order valence-electron chi connectivity index (χ4n) is 2.22. The Morgan fingerprint density at radius 2 is 1.70 bits per heavy atom. The molecule has 102 valence electrons. The van der Waals surface area contributed by atoms with Gasteiger partial charge in [0.05, 0.1) is 16.6 Å². The standard InChI is InChI=1S/C16H15NO3/c1-2-13(12-8-4-3-5-9-12)16(18)14-10-6-7-11-15(14)17(19)20/h2-11,13,16,18H,1H2/t13-,16+/m0/s1. The van der Waals surface area contributed by atoms with Gasteiger partial charge in [0.25, 0.3) is 5.69 Å². The number of para-hydroxylation sites is 1. The molecule has 0 aliphatic heterocycles. The molecule has 4 heteroatoms. The highest BCUT2D eigenvalue weighted by atomic mass is 16.6. The Balaban J connectivity index is 2.42. The van der Waals surface area contributed by atoms with Gasteiger partial charge in [-0.25, -0.2) is 0 Å². The normalized spacial score (nSPS) is 13.4. The molecule has 0 saturated heterocycles. The highest BCUT2D eigenvalue weighted by Crippen LogP contribution is 2.35. The van der Waals surface area contributed by atoms with Gasteiger partial charge in [-0.05, 0) is 11.6 Å². The maximum Gasteiger partial charge on any atom is 0.275 e. The van der Waals surface area contributed by atoms with E-state index in [0.717, 1.165) is 5.56 Å². The zero-order valence-electron chi connectivity index (χ0n) is 10.8. The van der Waals surface area contributed by atoms with E-state index in [1.807, 2.05) is 30.3 Å². The van der Waals surface area contributed by atoms with Crippen molar-refractivity contribution >= 4 is 5.69 Å². The average molecular weight is 269 g/mol. The minimum Gasteiger partial charge on any atom is -0.387 e. The van der Waals surface area contributed by atoms with E-state index in [0.29, 0.717) is 5.56 Å². The molecule has 0 radical (unpaired) electrons. The molecule has 2 aromatic rings. The van der Waals surface area contributed by atoms with Crippen molar-refractivity contribution in [3.8, 4) is 0 Å². The topological polar surface area (TPSA) is 63.4 Å². The number of nitro groups is 1. The van der Waals surface area contributed by atoms with Crippen LogP contribution in [0.25, 0.3) is 0 Å². The minimum atomic E-state index is -1.00. The van der Waals surface area contributed by atoms with Gasteiger partial charge in [0.2, 0.25) is 0 Å². The fourth-order valence-corrected chi connectivity index (χ4v) is 2.22. The van der Waals surface area contributed by atoms with Crippen LogP contribution in [0.4, 0.5) is 5.69 Å². The molecule has 0 fully saturated rings. The van der Waals surface area contributed by atoms with Crippen molar-refractivity contribution in [2.75, 3.05) is 0 Å². The first kappa shape index (κ1) is 14.0. The van der Waals surface area contributed by atoms with Gasteiger partial charge in [-0.15, -0.1) is 6.58 Å². The first-order valence-electron chi connectivity index (χ1n) is 6.24. The molecule has 0 unspecified atom stereocenters. The van der Waals surface area contributed by atoms with Crippen LogP contribution < -0.4 is 0 Å². The van der Waals surface area contributed by atoms with E-state index in [2.05, 4.69) is 6.58 Å². The van der Waals surface area contributed by atoms with Crippen molar-refractivity contribution in [3.05, 3.63) is 88.5 Å². The lowest BCUT2D eigenvalue weighted by atomic mass is 9.88. The van der Waals surface area contributed by atoms with Crippen LogP contribution in [0.3, 0.4) is 0 Å². The number of nitro benzene ring substituents is 1. The zero-order chi connectivity index (χ0) is 14.5. The Hall–Kier alpha value is -2.46. The van der Waals surface area contributed by atoms with E-state index < -0.39 is 16.9 Å². The highest BCUT2D eigenvalue weighted by Gasteiger charge is 2.26. The van der Waals surface area contributed by atoms with Gasteiger partial charge in [-0.3, -0.25) is 10.1 Å². The van der Waals surface area contributed by atoms with Crippen molar-refractivity contribution in [1.82, 2.24) is 0 Å². The van der Waals surface area contributed by atoms with Gasteiger partial charge in [0.1, 0.15) is 0 Å². The maximum absolute atomic E-state index is 11.0. The number of aliphatic hydroxyl groups excluding tert-OH is 1. The molecule has 0 aliphatic rings. The van der Waals surface area contributed by atoms with Gasteiger partial charge < -0.3 is 5.11 Å². The van der Waals surface area contributed by atoms with Gasteiger partial charge in [-0.1, -0.05) is 48.5 Å². The van der Waals surface area contributed by atoms with Crippen molar-refractivity contribution in [2.45, 2.75) is 12.0 Å². The van der Waals surface area contributed by atoms with E-state index in [1.165, 1.54) is 6.07 Å². The maximum atomic E-state index is 11.0. The number of hydrogen-bond donors (Lipinski definition) is 1. The van der Waals surface area contributed by atoms with Crippen LogP contribution in [0, 0.1) is 10.1 Å². The van der Waals surface area contributed by atoms with Crippen molar-refractivity contribution in [1.29, 1.82) is 0 Å². The summed E-state index contributed by atoms with van der Waals surface area (Å²) in [7, 11) is 0. The van der Waals surface area contributed by atoms with Crippen LogP contribution in [-0.4, -0.2) is 10.0 Å². The molecule has 2 rings (SSSR count). The van der Waals surface area contributed by atoms with E-state index in [1.54, 1.807) is 24.3 Å². The molecule has 0 saturated carbocycles. The fraction of sp³-hybridized carbons (Fsp3) is 0.125. The molecule has 0 amide bonds. The summed E-state index contributed by atoms with van der Waals surface area (Å²) in [4.78, 5) is 10.6. The van der Waals surface area contributed by atoms with Crippen molar-refractivity contribution in [3.63, 3.8) is 0 Å². The third-order valence-corrected chi connectivity index (χ3v) is 3.23. The molecule has 20 heavy (non-hydrogen) atoms. The molecule has 1 N–H and O–H groups in total. The van der Waals surface area contributed by atoms with Crippen LogP contribution in [0.2, 0.25) is 0 Å². The second-order valence-corrected chi connectivity index (χ2v) is 4.43. The predicted octanol–water partition coefficient (Wildman–Crippen LogP) is 3.60. The predicted molar refractivity (Wildman–Crippen MR) is 77.4 cm³/mol. The van der Waals surface area contributed by atoms with Crippen LogP contribution in [-0.2, 0) is 0 Å². The Morgan fingerprint density at radius 1 is 1.10 bits per heavy atom. The summed E-state index contributed by atoms with van der Waals surface area (Å²) in [5, 5.41) is 21.5. The molecule has 0 aromatic heterocycles. The average Bonchev–Trinajstić information content (AvgIpc) is 2.49. The lowest BCUT2D eigenvalue weighted by Crippen LogP contribution is -2.10. The third kappa shape index (κ3) is 2.75. The van der Waals surface area contributed by atoms with Gasteiger partial charge in [0.15, 0.2) is 0 Å². The lowest BCUT2D eigenvalue weighted by Gasteiger charge is -2.20. The van der Waals surface area contributed by atoms with Crippen LogP contribution >= 0.6 is 0 Å². The Labute approximate surface area is 117 Å². The summed E-state index contributed by atoms with van der Waals surface area (Å²) in [6, 6.07) is 15.5. The van der Waals surface area contributed by atoms with E-state index in [9.17, 15) is 15.2 Å². The smallest absolute Gasteiger partial charge is 0.275 e. The summed E-state index contributed by atoms with van der Waals surface area (Å²) in [6.07, 6.45) is 0.605. The van der Waals surface area contributed by atoms with Crippen molar-refractivity contribution < 1.29 is 10.0 Å². The number of hydrogen-bond acceptors (Lipinski definition) is 3. The number of aliphatic hydroxyl groups is 1. The van der Waals surface area contributed by atoms with Gasteiger partial charge in [-0.2, -0.15) is 0 Å². The lowest BCUT2D eigenvalue weighted by molar-refractivity contribution is -0.386. The van der Waals surface area contributed by atoms with Crippen LogP contribution in [0.5, 0.6) is 0 Å². The Kier molecular flexibility index (Phi) is 4.27. The van der Waals surface area contributed by atoms with Crippen LogP contribution in [0.15, 0.2) is 67.3 Å². The molecule has 2 atom stereocenters. The summed E-state index contributed by atoms with van der Waals surface area (Å²) in [5.74, 6) is -0.391. The summed E-state index contributed by atoms with van der Waals surface area (Å²) in [6.45, 7) is 3.73. The Morgan fingerprint density at radius 3 is 2.30 bits per heavy atom. The Bertz CT molecular complexity index is 610.